The van der Waals surface area contributed by atoms with Gasteiger partial charge in [0.05, 0.1) is 13.0 Å². The predicted molar refractivity (Wildman–Crippen MR) is 118 cm³/mol. The molecule has 30 heavy (non-hydrogen) atoms. The second-order valence-corrected chi connectivity index (χ2v) is 9.79. The maximum absolute atomic E-state index is 12.6. The first-order valence-corrected chi connectivity index (χ1v) is 11.2. The minimum atomic E-state index is -0.979. The molecule has 1 unspecified atom stereocenters. The van der Waals surface area contributed by atoms with Crippen molar-refractivity contribution in [1.82, 2.24) is 5.32 Å². The molecule has 2 N–H and O–H groups in total. The Kier molecular flexibility index (Phi) is 8.63. The van der Waals surface area contributed by atoms with Crippen LogP contribution in [0.15, 0.2) is 30.3 Å². The van der Waals surface area contributed by atoms with E-state index in [4.69, 9.17) is 0 Å². The molecule has 0 aromatic heterocycles. The van der Waals surface area contributed by atoms with E-state index in [1.54, 1.807) is 24.3 Å². The van der Waals surface area contributed by atoms with Crippen LogP contribution in [0.2, 0.25) is 0 Å². The van der Waals surface area contributed by atoms with Crippen LogP contribution in [0.1, 0.15) is 88.9 Å². The molecular formula is C25H37NO4. The second kappa shape index (κ2) is 10.7. The number of aliphatic carboxylic acids is 1. The first kappa shape index (κ1) is 24.1. The van der Waals surface area contributed by atoms with Gasteiger partial charge in [-0.3, -0.25) is 14.4 Å². The van der Waals surface area contributed by atoms with Crippen LogP contribution in [0.5, 0.6) is 0 Å². The molecule has 0 bridgehead atoms. The molecule has 0 saturated heterocycles. The van der Waals surface area contributed by atoms with E-state index in [0.29, 0.717) is 12.0 Å². The fourth-order valence-electron chi connectivity index (χ4n) is 4.86. The molecule has 1 aromatic carbocycles. The van der Waals surface area contributed by atoms with Crippen LogP contribution < -0.4 is 5.32 Å². The number of amides is 1. The number of carbonyl (C=O) groups is 3. The number of ketones is 1. The van der Waals surface area contributed by atoms with Gasteiger partial charge in [-0.15, -0.1) is 0 Å². The summed E-state index contributed by atoms with van der Waals surface area (Å²) < 4.78 is 0. The number of carboxylic acid groups (broad SMARTS) is 1. The van der Waals surface area contributed by atoms with Gasteiger partial charge < -0.3 is 10.4 Å². The molecule has 0 aliphatic heterocycles. The Labute approximate surface area is 180 Å². The van der Waals surface area contributed by atoms with Crippen molar-refractivity contribution in [3.05, 3.63) is 35.9 Å². The highest BCUT2D eigenvalue weighted by Gasteiger charge is 2.41. The Hall–Kier alpha value is -2.17. The Morgan fingerprint density at radius 1 is 1.07 bits per heavy atom. The Morgan fingerprint density at radius 2 is 1.70 bits per heavy atom. The lowest BCUT2D eigenvalue weighted by Gasteiger charge is -2.48. The van der Waals surface area contributed by atoms with Crippen molar-refractivity contribution in [2.24, 2.45) is 16.7 Å². The van der Waals surface area contributed by atoms with Crippen LogP contribution in [0, 0.1) is 16.7 Å². The number of carbonyl (C=O) groups excluding carboxylic acids is 2. The molecule has 1 aliphatic carbocycles. The van der Waals surface area contributed by atoms with Gasteiger partial charge in [-0.2, -0.15) is 0 Å². The van der Waals surface area contributed by atoms with Crippen molar-refractivity contribution < 1.29 is 19.5 Å². The molecule has 1 amide bonds. The summed E-state index contributed by atoms with van der Waals surface area (Å²) in [7, 11) is 0. The zero-order chi connectivity index (χ0) is 22.2. The summed E-state index contributed by atoms with van der Waals surface area (Å²) in [6.45, 7) is 6.80. The molecule has 5 heteroatoms. The van der Waals surface area contributed by atoms with E-state index >= 15 is 0 Å². The molecule has 1 fully saturated rings. The normalized spacial score (nSPS) is 17.2. The zero-order valence-corrected chi connectivity index (χ0v) is 18.7. The lowest BCUT2D eigenvalue weighted by molar-refractivity contribution is -0.141. The van der Waals surface area contributed by atoms with E-state index in [2.05, 4.69) is 26.1 Å². The fraction of sp³-hybridized carbons (Fsp3) is 0.640. The minimum Gasteiger partial charge on any atom is -0.481 e. The van der Waals surface area contributed by atoms with Gasteiger partial charge in [0.25, 0.3) is 0 Å². The van der Waals surface area contributed by atoms with Gasteiger partial charge in [0, 0.05) is 11.5 Å². The summed E-state index contributed by atoms with van der Waals surface area (Å²) in [5, 5.41) is 11.9. The summed E-state index contributed by atoms with van der Waals surface area (Å²) in [5.41, 5.74) is 0.996. The Balaban J connectivity index is 1.93. The monoisotopic (exact) mass is 415 g/mol. The number of Topliss-reactive ketones (excluding diaryl/α,β-unsaturated/α-hetero) is 1. The van der Waals surface area contributed by atoms with E-state index in [-0.39, 0.29) is 35.5 Å². The van der Waals surface area contributed by atoms with Gasteiger partial charge in [-0.1, -0.05) is 76.8 Å². The minimum absolute atomic E-state index is 0.106. The molecule has 166 valence electrons. The number of carboxylic acids is 1. The van der Waals surface area contributed by atoms with E-state index < -0.39 is 11.9 Å². The second-order valence-electron chi connectivity index (χ2n) is 9.79. The summed E-state index contributed by atoms with van der Waals surface area (Å²) >= 11 is 0. The average Bonchev–Trinajstić information content (AvgIpc) is 2.71. The third kappa shape index (κ3) is 6.68. The molecule has 0 spiro atoms. The number of benzene rings is 1. The summed E-state index contributed by atoms with van der Waals surface area (Å²) in [4.78, 5) is 36.2. The highest BCUT2D eigenvalue weighted by atomic mass is 16.4. The van der Waals surface area contributed by atoms with Crippen LogP contribution in [0.3, 0.4) is 0 Å². The molecule has 1 atom stereocenters. The first-order chi connectivity index (χ1) is 14.1. The van der Waals surface area contributed by atoms with Gasteiger partial charge in [0.2, 0.25) is 5.91 Å². The molecule has 0 heterocycles. The van der Waals surface area contributed by atoms with Crippen molar-refractivity contribution >= 4 is 17.7 Å². The molecule has 1 aliphatic rings. The summed E-state index contributed by atoms with van der Waals surface area (Å²) in [6, 6.07) is 8.80. The number of rotatable bonds is 10. The van der Waals surface area contributed by atoms with Crippen molar-refractivity contribution in [2.45, 2.75) is 78.6 Å². The van der Waals surface area contributed by atoms with Crippen molar-refractivity contribution in [1.29, 1.82) is 0 Å². The lowest BCUT2D eigenvalue weighted by Crippen LogP contribution is -2.38. The van der Waals surface area contributed by atoms with Crippen LogP contribution in [-0.4, -0.2) is 29.3 Å². The average molecular weight is 416 g/mol. The first-order valence-electron chi connectivity index (χ1n) is 11.2. The highest BCUT2D eigenvalue weighted by Crippen LogP contribution is 2.52. The van der Waals surface area contributed by atoms with Gasteiger partial charge in [-0.25, -0.2) is 0 Å². The van der Waals surface area contributed by atoms with Crippen LogP contribution in [0.25, 0.3) is 0 Å². The van der Waals surface area contributed by atoms with Crippen LogP contribution in [0.4, 0.5) is 0 Å². The quantitative estimate of drug-likeness (QED) is 0.512. The van der Waals surface area contributed by atoms with E-state index in [1.165, 1.54) is 32.1 Å². The third-order valence-electron chi connectivity index (χ3n) is 6.92. The largest absolute Gasteiger partial charge is 0.481 e. The SMILES string of the molecule is CC(C)(C)C1(CCCC(CC(=O)O)C(=O)NCC(=O)c2ccccc2)CCCCC1. The number of hydrogen-bond donors (Lipinski definition) is 2. The molecule has 5 nitrogen and oxygen atoms in total. The third-order valence-corrected chi connectivity index (χ3v) is 6.92. The molecule has 0 radical (unpaired) electrons. The summed E-state index contributed by atoms with van der Waals surface area (Å²) in [5.74, 6) is -2.10. The van der Waals surface area contributed by atoms with Crippen molar-refractivity contribution in [2.75, 3.05) is 6.54 Å². The Bertz CT molecular complexity index is 714. The number of nitrogens with one attached hydrogen (secondary N) is 1. The van der Waals surface area contributed by atoms with Gasteiger partial charge >= 0.3 is 5.97 Å². The smallest absolute Gasteiger partial charge is 0.304 e. The van der Waals surface area contributed by atoms with Gasteiger partial charge in [0.1, 0.15) is 0 Å². The van der Waals surface area contributed by atoms with E-state index in [9.17, 15) is 19.5 Å². The summed E-state index contributed by atoms with van der Waals surface area (Å²) in [6.07, 6.45) is 8.38. The fourth-order valence-corrected chi connectivity index (χ4v) is 4.86. The Morgan fingerprint density at radius 3 is 2.27 bits per heavy atom. The maximum atomic E-state index is 12.6. The van der Waals surface area contributed by atoms with Crippen LogP contribution in [-0.2, 0) is 9.59 Å². The zero-order valence-electron chi connectivity index (χ0n) is 18.7. The highest BCUT2D eigenvalue weighted by molar-refractivity contribution is 5.99. The molecule has 1 aromatic rings. The van der Waals surface area contributed by atoms with Crippen LogP contribution >= 0.6 is 0 Å². The number of hydrogen-bond acceptors (Lipinski definition) is 3. The van der Waals surface area contributed by atoms with Gasteiger partial charge in [-0.05, 0) is 36.5 Å². The molecule has 1 saturated carbocycles. The van der Waals surface area contributed by atoms with Gasteiger partial charge in [0.15, 0.2) is 5.78 Å². The van der Waals surface area contributed by atoms with E-state index in [0.717, 1.165) is 12.8 Å². The van der Waals surface area contributed by atoms with Crippen molar-refractivity contribution in [3.8, 4) is 0 Å². The van der Waals surface area contributed by atoms with E-state index in [1.807, 2.05) is 6.07 Å². The molecule has 2 rings (SSSR count). The maximum Gasteiger partial charge on any atom is 0.304 e. The lowest BCUT2D eigenvalue weighted by atomic mass is 9.57. The standard InChI is InChI=1S/C25H37NO4/c1-24(2,3)25(14-8-5-9-15-25)16-10-13-20(17-22(28)29)23(30)26-18-21(27)19-11-6-4-7-12-19/h4,6-7,11-12,20H,5,8-10,13-18H2,1-3H3,(H,26,30)(H,28,29). The van der Waals surface area contributed by atoms with Crippen molar-refractivity contribution in [3.63, 3.8) is 0 Å². The molecular weight excluding hydrogens is 378 g/mol. The predicted octanol–water partition coefficient (Wildman–Crippen LogP) is 5.24. The topological polar surface area (TPSA) is 83.5 Å².